The molecule has 82 valence electrons. The average Bonchev–Trinajstić information content (AvgIpc) is 2.27. The number of benzene rings is 1. The Morgan fingerprint density at radius 3 is 2.62 bits per heavy atom. The molecule has 0 aliphatic heterocycles. The molecule has 0 saturated heterocycles. The lowest BCUT2D eigenvalue weighted by Gasteiger charge is -2.12. The molecule has 1 aromatic carbocycles. The molecule has 1 aromatic heterocycles. The minimum absolute atomic E-state index is 0.296. The molecular formula is C12H13N3O. The summed E-state index contributed by atoms with van der Waals surface area (Å²) in [6, 6.07) is 9.36. The van der Waals surface area contributed by atoms with Gasteiger partial charge in [-0.3, -0.25) is 4.79 Å². The van der Waals surface area contributed by atoms with Crippen LogP contribution in [0.25, 0.3) is 10.9 Å². The summed E-state index contributed by atoms with van der Waals surface area (Å²) in [6.45, 7) is 0. The van der Waals surface area contributed by atoms with E-state index in [0.717, 1.165) is 16.6 Å². The molecule has 0 aliphatic rings. The lowest BCUT2D eigenvalue weighted by atomic mass is 10.1. The van der Waals surface area contributed by atoms with Crippen molar-refractivity contribution >= 4 is 22.5 Å². The largest absolute Gasteiger partial charge is 0.378 e. The standard InChI is InChI=1S/C12H13N3O/c1-15(2)9-4-6-10-8(7-9)3-5-11(14-10)12(13)16/h3-7H,1-2H3,(H2,13,16). The van der Waals surface area contributed by atoms with Crippen molar-refractivity contribution in [2.24, 2.45) is 5.73 Å². The third kappa shape index (κ3) is 1.82. The van der Waals surface area contributed by atoms with Crippen molar-refractivity contribution in [2.75, 3.05) is 19.0 Å². The smallest absolute Gasteiger partial charge is 0.267 e. The first kappa shape index (κ1) is 10.4. The highest BCUT2D eigenvalue weighted by molar-refractivity contribution is 5.94. The first-order chi connectivity index (χ1) is 7.58. The number of carbonyl (C=O) groups is 1. The van der Waals surface area contributed by atoms with Crippen LogP contribution in [0.1, 0.15) is 10.5 Å². The number of aromatic nitrogens is 1. The fourth-order valence-corrected chi connectivity index (χ4v) is 1.53. The van der Waals surface area contributed by atoms with E-state index in [0.29, 0.717) is 5.69 Å². The number of rotatable bonds is 2. The predicted octanol–water partition coefficient (Wildman–Crippen LogP) is 1.40. The maximum Gasteiger partial charge on any atom is 0.267 e. The Morgan fingerprint density at radius 2 is 2.00 bits per heavy atom. The van der Waals surface area contributed by atoms with Gasteiger partial charge in [-0.2, -0.15) is 0 Å². The predicted molar refractivity (Wildman–Crippen MR) is 64.6 cm³/mol. The zero-order valence-electron chi connectivity index (χ0n) is 9.27. The van der Waals surface area contributed by atoms with Crippen LogP contribution < -0.4 is 10.6 Å². The molecule has 2 N–H and O–H groups in total. The number of primary amides is 1. The molecule has 0 spiro atoms. The highest BCUT2D eigenvalue weighted by Crippen LogP contribution is 2.19. The SMILES string of the molecule is CN(C)c1ccc2nc(C(N)=O)ccc2c1. The molecule has 4 nitrogen and oxygen atoms in total. The molecule has 2 aromatic rings. The summed E-state index contributed by atoms with van der Waals surface area (Å²) in [7, 11) is 3.96. The number of fused-ring (bicyclic) bond motifs is 1. The monoisotopic (exact) mass is 215 g/mol. The Morgan fingerprint density at radius 1 is 1.25 bits per heavy atom. The Labute approximate surface area is 93.7 Å². The number of pyridine rings is 1. The lowest BCUT2D eigenvalue weighted by Crippen LogP contribution is -2.13. The summed E-state index contributed by atoms with van der Waals surface area (Å²) in [5.74, 6) is -0.501. The van der Waals surface area contributed by atoms with E-state index in [1.807, 2.05) is 43.3 Å². The van der Waals surface area contributed by atoms with Crippen molar-refractivity contribution in [1.29, 1.82) is 0 Å². The van der Waals surface area contributed by atoms with E-state index in [1.54, 1.807) is 6.07 Å². The van der Waals surface area contributed by atoms with Gasteiger partial charge in [-0.25, -0.2) is 4.98 Å². The van der Waals surface area contributed by atoms with Gasteiger partial charge >= 0.3 is 0 Å². The van der Waals surface area contributed by atoms with Gasteiger partial charge in [0.1, 0.15) is 5.69 Å². The van der Waals surface area contributed by atoms with E-state index < -0.39 is 5.91 Å². The van der Waals surface area contributed by atoms with Crippen LogP contribution in [0.3, 0.4) is 0 Å². The average molecular weight is 215 g/mol. The van der Waals surface area contributed by atoms with Crippen LogP contribution in [-0.4, -0.2) is 25.0 Å². The molecule has 16 heavy (non-hydrogen) atoms. The number of nitrogens with zero attached hydrogens (tertiary/aromatic N) is 2. The van der Waals surface area contributed by atoms with Gasteiger partial charge in [-0.15, -0.1) is 0 Å². The minimum atomic E-state index is -0.501. The van der Waals surface area contributed by atoms with Gasteiger partial charge in [0, 0.05) is 25.2 Å². The summed E-state index contributed by atoms with van der Waals surface area (Å²) in [5, 5.41) is 0.996. The van der Waals surface area contributed by atoms with E-state index in [9.17, 15) is 4.79 Å². The number of nitrogens with two attached hydrogens (primary N) is 1. The van der Waals surface area contributed by atoms with Crippen LogP contribution >= 0.6 is 0 Å². The number of amides is 1. The van der Waals surface area contributed by atoms with Crippen molar-refractivity contribution in [3.63, 3.8) is 0 Å². The van der Waals surface area contributed by atoms with Gasteiger partial charge in [0.2, 0.25) is 0 Å². The fourth-order valence-electron chi connectivity index (χ4n) is 1.53. The Hall–Kier alpha value is -2.10. The third-order valence-electron chi connectivity index (χ3n) is 2.44. The van der Waals surface area contributed by atoms with Crippen molar-refractivity contribution in [3.8, 4) is 0 Å². The molecule has 0 radical (unpaired) electrons. The van der Waals surface area contributed by atoms with Crippen LogP contribution in [0.2, 0.25) is 0 Å². The number of anilines is 1. The first-order valence-electron chi connectivity index (χ1n) is 4.96. The summed E-state index contributed by atoms with van der Waals surface area (Å²) >= 11 is 0. The zero-order valence-corrected chi connectivity index (χ0v) is 9.27. The Balaban J connectivity index is 2.57. The van der Waals surface area contributed by atoms with Crippen LogP contribution in [-0.2, 0) is 0 Å². The molecule has 1 amide bonds. The van der Waals surface area contributed by atoms with E-state index in [4.69, 9.17) is 5.73 Å². The maximum absolute atomic E-state index is 11.0. The Kier molecular flexibility index (Phi) is 2.48. The quantitative estimate of drug-likeness (QED) is 0.823. The first-order valence-corrected chi connectivity index (χ1v) is 4.96. The summed E-state index contributed by atoms with van der Waals surface area (Å²) < 4.78 is 0. The van der Waals surface area contributed by atoms with E-state index in [-0.39, 0.29) is 0 Å². The van der Waals surface area contributed by atoms with Gasteiger partial charge in [-0.1, -0.05) is 6.07 Å². The molecule has 4 heteroatoms. The summed E-state index contributed by atoms with van der Waals surface area (Å²) in [6.07, 6.45) is 0. The topological polar surface area (TPSA) is 59.2 Å². The van der Waals surface area contributed by atoms with E-state index >= 15 is 0 Å². The molecule has 0 atom stereocenters. The molecule has 1 heterocycles. The summed E-state index contributed by atoms with van der Waals surface area (Å²) in [4.78, 5) is 17.2. The van der Waals surface area contributed by atoms with Gasteiger partial charge in [-0.05, 0) is 24.3 Å². The van der Waals surface area contributed by atoms with Gasteiger partial charge in [0.05, 0.1) is 5.52 Å². The molecular weight excluding hydrogens is 202 g/mol. The zero-order chi connectivity index (χ0) is 11.7. The molecule has 0 fully saturated rings. The van der Waals surface area contributed by atoms with Crippen LogP contribution in [0.15, 0.2) is 30.3 Å². The van der Waals surface area contributed by atoms with Crippen molar-refractivity contribution < 1.29 is 4.79 Å². The summed E-state index contributed by atoms with van der Waals surface area (Å²) in [5.41, 5.74) is 7.35. The molecule has 0 unspecified atom stereocenters. The molecule has 0 bridgehead atoms. The second-order valence-corrected chi connectivity index (χ2v) is 3.83. The third-order valence-corrected chi connectivity index (χ3v) is 2.44. The van der Waals surface area contributed by atoms with E-state index in [1.165, 1.54) is 0 Å². The van der Waals surface area contributed by atoms with Crippen LogP contribution in [0, 0.1) is 0 Å². The van der Waals surface area contributed by atoms with Crippen LogP contribution in [0.5, 0.6) is 0 Å². The fraction of sp³-hybridized carbons (Fsp3) is 0.167. The molecule has 0 saturated carbocycles. The number of hydrogen-bond acceptors (Lipinski definition) is 3. The second kappa shape index (κ2) is 3.81. The van der Waals surface area contributed by atoms with Gasteiger partial charge < -0.3 is 10.6 Å². The molecule has 2 rings (SSSR count). The second-order valence-electron chi connectivity index (χ2n) is 3.83. The van der Waals surface area contributed by atoms with Crippen molar-refractivity contribution in [3.05, 3.63) is 36.0 Å². The van der Waals surface area contributed by atoms with Crippen molar-refractivity contribution in [2.45, 2.75) is 0 Å². The maximum atomic E-state index is 11.0. The Bertz CT molecular complexity index is 549. The van der Waals surface area contributed by atoms with Crippen LogP contribution in [0.4, 0.5) is 5.69 Å². The van der Waals surface area contributed by atoms with Gasteiger partial charge in [0.15, 0.2) is 0 Å². The highest BCUT2D eigenvalue weighted by atomic mass is 16.1. The minimum Gasteiger partial charge on any atom is -0.378 e. The number of hydrogen-bond donors (Lipinski definition) is 1. The van der Waals surface area contributed by atoms with Crippen molar-refractivity contribution in [1.82, 2.24) is 4.98 Å². The number of carbonyl (C=O) groups excluding carboxylic acids is 1. The highest BCUT2D eigenvalue weighted by Gasteiger charge is 2.04. The van der Waals surface area contributed by atoms with Gasteiger partial charge in [0.25, 0.3) is 5.91 Å². The van der Waals surface area contributed by atoms with E-state index in [2.05, 4.69) is 4.98 Å². The lowest BCUT2D eigenvalue weighted by molar-refractivity contribution is 0.0996. The normalized spacial score (nSPS) is 10.4. The molecule has 0 aliphatic carbocycles.